The van der Waals surface area contributed by atoms with Gasteiger partial charge in [0.1, 0.15) is 5.82 Å². The maximum atomic E-state index is 15.5. The fourth-order valence-corrected chi connectivity index (χ4v) is 6.36. The number of carbonyl (C=O) groups is 2. The Bertz CT molecular complexity index is 1620. The summed E-state index contributed by atoms with van der Waals surface area (Å²) in [5.41, 5.74) is 1.67. The van der Waals surface area contributed by atoms with Gasteiger partial charge >= 0.3 is 35.6 Å². The Hall–Kier alpha value is -2.36. The maximum absolute atomic E-state index is 15.5. The first kappa shape index (κ1) is 26.3. The van der Waals surface area contributed by atoms with Gasteiger partial charge in [-0.25, -0.2) is 13.6 Å². The zero-order valence-corrected chi connectivity index (χ0v) is 23.6. The number of benzene rings is 3. The molecule has 2 aliphatic rings. The van der Waals surface area contributed by atoms with E-state index < -0.39 is 29.2 Å². The van der Waals surface area contributed by atoms with Crippen LogP contribution in [0.2, 0.25) is 5.02 Å². The minimum atomic E-state index is -1.64. The van der Waals surface area contributed by atoms with Gasteiger partial charge in [-0.3, -0.25) is 9.47 Å². The van der Waals surface area contributed by atoms with Crippen LogP contribution >= 0.6 is 23.4 Å². The number of carbonyl (C=O) groups excluding carboxylic acids is 2. The van der Waals surface area contributed by atoms with Crippen molar-refractivity contribution >= 4 is 52.0 Å². The van der Waals surface area contributed by atoms with Crippen molar-refractivity contribution in [3.05, 3.63) is 88.1 Å². The molecule has 1 fully saturated rings. The minimum Gasteiger partial charge on any atom is -0.545 e. The first-order chi connectivity index (χ1) is 17.2. The molecule has 0 N–H and O–H groups in total. The van der Waals surface area contributed by atoms with E-state index in [4.69, 9.17) is 11.6 Å². The van der Waals surface area contributed by atoms with E-state index in [9.17, 15) is 19.1 Å². The summed E-state index contributed by atoms with van der Waals surface area (Å²) in [6.07, 6.45) is 1.96. The first-order valence-corrected chi connectivity index (χ1v) is 12.5. The quantitative estimate of drug-likeness (QED) is 0.371. The van der Waals surface area contributed by atoms with Crippen LogP contribution in [0.5, 0.6) is 0 Å². The zero-order chi connectivity index (χ0) is 25.4. The number of aromatic carboxylic acids is 1. The SMILES string of the molecule is Cc1c(Sc2cccc(C(=O)[O-])c2F)c2ccc(Cl)c(F)c2n1C(=O)N1CC2(CC2)c2ccccc21.[Na+]. The fraction of sp³-hybridized carbons (Fsp3) is 0.185. The van der Waals surface area contributed by atoms with Crippen LogP contribution in [0.3, 0.4) is 0 Å². The number of hydrogen-bond acceptors (Lipinski definition) is 4. The second kappa shape index (κ2) is 9.43. The standard InChI is InChI=1S/C27H19ClF2N2O3S.Na/c1-14-24(36-20-8-4-5-15(21(20)29)25(33)34)16-9-10-18(28)22(30)23(16)32(14)26(35)31-13-27(11-12-27)17-6-2-3-7-19(17)31;/h2-10H,11-13H2,1H3,(H,33,34);/q;+1/p-1. The van der Waals surface area contributed by atoms with E-state index >= 15 is 4.39 Å². The number of nitrogens with zero attached hydrogens (tertiary/aromatic N) is 2. The molecule has 1 spiro atoms. The number of carboxylic acids is 1. The number of para-hydroxylation sites is 1. The number of amides is 1. The molecule has 0 bridgehead atoms. The normalized spacial score (nSPS) is 15.1. The van der Waals surface area contributed by atoms with E-state index in [1.165, 1.54) is 22.8 Å². The molecule has 1 aromatic heterocycles. The van der Waals surface area contributed by atoms with Crippen molar-refractivity contribution in [2.75, 3.05) is 11.4 Å². The van der Waals surface area contributed by atoms with Crippen molar-refractivity contribution in [1.29, 1.82) is 0 Å². The van der Waals surface area contributed by atoms with Crippen LogP contribution in [0, 0.1) is 18.6 Å². The molecule has 4 aromatic rings. The topological polar surface area (TPSA) is 65.4 Å². The minimum absolute atomic E-state index is 0. The molecule has 0 atom stereocenters. The Morgan fingerprint density at radius 3 is 2.46 bits per heavy atom. The maximum Gasteiger partial charge on any atom is 1.00 e. The summed E-state index contributed by atoms with van der Waals surface area (Å²) in [4.78, 5) is 27.4. The van der Waals surface area contributed by atoms with Crippen LogP contribution in [0.1, 0.15) is 34.5 Å². The first-order valence-electron chi connectivity index (χ1n) is 11.3. The number of rotatable bonds is 3. The molecule has 0 unspecified atom stereocenters. The third-order valence-electron chi connectivity index (χ3n) is 7.10. The van der Waals surface area contributed by atoms with Crippen LogP contribution in [-0.4, -0.2) is 23.1 Å². The Morgan fingerprint density at radius 1 is 1.03 bits per heavy atom. The van der Waals surface area contributed by atoms with Crippen LogP contribution in [0.15, 0.2) is 64.4 Å². The van der Waals surface area contributed by atoms with Crippen molar-refractivity contribution < 1.29 is 53.0 Å². The van der Waals surface area contributed by atoms with Crippen LogP contribution in [0.25, 0.3) is 10.9 Å². The van der Waals surface area contributed by atoms with Crippen LogP contribution in [-0.2, 0) is 5.41 Å². The van der Waals surface area contributed by atoms with Gasteiger partial charge in [0, 0.05) is 44.1 Å². The van der Waals surface area contributed by atoms with Crippen molar-refractivity contribution in [2.45, 2.75) is 35.0 Å². The second-order valence-electron chi connectivity index (χ2n) is 9.18. The number of anilines is 1. The number of hydrogen-bond donors (Lipinski definition) is 0. The van der Waals surface area contributed by atoms with Crippen LogP contribution in [0.4, 0.5) is 19.3 Å². The fourth-order valence-electron chi connectivity index (χ4n) is 5.13. The predicted molar refractivity (Wildman–Crippen MR) is 132 cm³/mol. The average molecular weight is 547 g/mol. The van der Waals surface area contributed by atoms with Gasteiger partial charge in [0.2, 0.25) is 0 Å². The summed E-state index contributed by atoms with van der Waals surface area (Å²) in [7, 11) is 0. The van der Waals surface area contributed by atoms with Gasteiger partial charge in [0.15, 0.2) is 5.82 Å². The Balaban J connectivity index is 0.00000280. The van der Waals surface area contributed by atoms with Gasteiger partial charge in [-0.05, 0) is 49.6 Å². The molecule has 0 saturated heterocycles. The monoisotopic (exact) mass is 546 g/mol. The Labute approximate surface area is 242 Å². The van der Waals surface area contributed by atoms with E-state index in [2.05, 4.69) is 0 Å². The summed E-state index contributed by atoms with van der Waals surface area (Å²) in [6.45, 7) is 2.15. The second-order valence-corrected chi connectivity index (χ2v) is 10.6. The van der Waals surface area contributed by atoms with Gasteiger partial charge in [0.05, 0.1) is 16.5 Å². The molecule has 5 nitrogen and oxygen atoms in total. The van der Waals surface area contributed by atoms with Gasteiger partial charge in [-0.2, -0.15) is 0 Å². The summed E-state index contributed by atoms with van der Waals surface area (Å²) in [6, 6.07) is 14.2. The third kappa shape index (κ3) is 4.01. The van der Waals surface area contributed by atoms with Crippen molar-refractivity contribution in [1.82, 2.24) is 4.57 Å². The number of halogens is 3. The number of aromatic nitrogens is 1. The Kier molecular flexibility index (Phi) is 6.69. The Morgan fingerprint density at radius 2 is 1.76 bits per heavy atom. The molecule has 2 heterocycles. The molecule has 182 valence electrons. The number of carboxylic acid groups (broad SMARTS) is 1. The molecule has 6 rings (SSSR count). The summed E-state index contributed by atoms with van der Waals surface area (Å²) in [5, 5.41) is 11.5. The van der Waals surface area contributed by atoms with Crippen molar-refractivity contribution in [2.24, 2.45) is 0 Å². The third-order valence-corrected chi connectivity index (χ3v) is 8.65. The molecular formula is C27H18ClF2N2NaO3S. The van der Waals surface area contributed by atoms with E-state index in [1.807, 2.05) is 24.3 Å². The molecule has 3 aromatic carbocycles. The molecule has 10 heteroatoms. The summed E-state index contributed by atoms with van der Waals surface area (Å²) < 4.78 is 31.7. The van der Waals surface area contributed by atoms with Gasteiger partial charge < -0.3 is 9.90 Å². The van der Waals surface area contributed by atoms with Gasteiger partial charge in [-0.15, -0.1) is 0 Å². The molecule has 1 aliphatic heterocycles. The molecule has 37 heavy (non-hydrogen) atoms. The molecular weight excluding hydrogens is 529 g/mol. The van der Waals surface area contributed by atoms with E-state index in [-0.39, 0.29) is 50.4 Å². The smallest absolute Gasteiger partial charge is 0.545 e. The predicted octanol–water partition coefficient (Wildman–Crippen LogP) is 2.92. The van der Waals surface area contributed by atoms with E-state index in [0.29, 0.717) is 22.5 Å². The van der Waals surface area contributed by atoms with E-state index in [1.54, 1.807) is 17.9 Å². The zero-order valence-electron chi connectivity index (χ0n) is 20.0. The van der Waals surface area contributed by atoms with Crippen LogP contribution < -0.4 is 39.6 Å². The summed E-state index contributed by atoms with van der Waals surface area (Å²) in [5.74, 6) is -3.34. The largest absolute Gasteiger partial charge is 1.00 e. The molecule has 1 saturated carbocycles. The van der Waals surface area contributed by atoms with Crippen molar-refractivity contribution in [3.63, 3.8) is 0 Å². The molecule has 0 radical (unpaired) electrons. The van der Waals surface area contributed by atoms with Gasteiger partial charge in [-0.1, -0.05) is 53.7 Å². The average Bonchev–Trinajstić information content (AvgIpc) is 3.49. The molecule has 1 amide bonds. The van der Waals surface area contributed by atoms with Crippen molar-refractivity contribution in [3.8, 4) is 0 Å². The summed E-state index contributed by atoms with van der Waals surface area (Å²) >= 11 is 7.04. The van der Waals surface area contributed by atoms with E-state index in [0.717, 1.165) is 41.9 Å². The van der Waals surface area contributed by atoms with Gasteiger partial charge in [0.25, 0.3) is 0 Å². The number of fused-ring (bicyclic) bond motifs is 3. The molecule has 1 aliphatic carbocycles.